The number of carbonyl (C=O) groups is 2. The molecule has 24 heavy (non-hydrogen) atoms. The number of nitrogens with zero attached hydrogens (tertiary/aromatic N) is 2. The van der Waals surface area contributed by atoms with Gasteiger partial charge < -0.3 is 19.5 Å². The van der Waals surface area contributed by atoms with Gasteiger partial charge in [-0.05, 0) is 25.1 Å². The monoisotopic (exact) mass is 330 g/mol. The summed E-state index contributed by atoms with van der Waals surface area (Å²) < 4.78 is 10.4. The summed E-state index contributed by atoms with van der Waals surface area (Å²) >= 11 is 0. The zero-order valence-electron chi connectivity index (χ0n) is 13.5. The fourth-order valence-corrected chi connectivity index (χ4v) is 2.79. The Bertz CT molecular complexity index is 805. The molecule has 7 heteroatoms. The van der Waals surface area contributed by atoms with Crippen molar-refractivity contribution in [3.05, 3.63) is 35.5 Å². The summed E-state index contributed by atoms with van der Waals surface area (Å²) in [6.45, 7) is 2.31. The molecule has 1 atom stereocenters. The molecule has 0 radical (unpaired) electrons. The van der Waals surface area contributed by atoms with Crippen LogP contribution in [-0.4, -0.2) is 59.8 Å². The third-order valence-electron chi connectivity index (χ3n) is 4.12. The van der Waals surface area contributed by atoms with E-state index >= 15 is 0 Å². The van der Waals surface area contributed by atoms with Gasteiger partial charge in [0, 0.05) is 18.0 Å². The zero-order valence-corrected chi connectivity index (χ0v) is 13.5. The van der Waals surface area contributed by atoms with Crippen LogP contribution < -0.4 is 4.74 Å². The quantitative estimate of drug-likeness (QED) is 0.917. The highest BCUT2D eigenvalue weighted by Gasteiger charge is 2.34. The lowest BCUT2D eigenvalue weighted by Crippen LogP contribution is -2.52. The van der Waals surface area contributed by atoms with Gasteiger partial charge in [-0.1, -0.05) is 0 Å². The van der Waals surface area contributed by atoms with E-state index in [2.05, 4.69) is 4.98 Å². The van der Waals surface area contributed by atoms with Crippen LogP contribution in [0.1, 0.15) is 16.1 Å². The Morgan fingerprint density at radius 1 is 1.38 bits per heavy atom. The van der Waals surface area contributed by atoms with Gasteiger partial charge in [-0.3, -0.25) is 9.78 Å². The number of aromatic nitrogens is 1. The highest BCUT2D eigenvalue weighted by Crippen LogP contribution is 2.23. The Balaban J connectivity index is 1.99. The number of aryl methyl sites for hydroxylation is 1. The number of aliphatic carboxylic acids is 1. The maximum Gasteiger partial charge on any atom is 0.328 e. The van der Waals surface area contributed by atoms with Crippen LogP contribution in [0.4, 0.5) is 0 Å². The van der Waals surface area contributed by atoms with E-state index in [1.54, 1.807) is 32.2 Å². The SMILES string of the molecule is COc1ccc2cc(C(=O)N3CCOCC3C(=O)O)c(C)nc2c1. The molecule has 1 amide bonds. The van der Waals surface area contributed by atoms with Crippen LogP contribution in [0.5, 0.6) is 5.75 Å². The van der Waals surface area contributed by atoms with Gasteiger partial charge in [-0.2, -0.15) is 0 Å². The molecule has 3 rings (SSSR count). The Kier molecular flexibility index (Phi) is 4.35. The van der Waals surface area contributed by atoms with Gasteiger partial charge in [0.1, 0.15) is 5.75 Å². The summed E-state index contributed by atoms with van der Waals surface area (Å²) in [7, 11) is 1.58. The highest BCUT2D eigenvalue weighted by atomic mass is 16.5. The molecule has 0 spiro atoms. The second kappa shape index (κ2) is 6.45. The van der Waals surface area contributed by atoms with Gasteiger partial charge in [-0.25, -0.2) is 4.79 Å². The van der Waals surface area contributed by atoms with Crippen LogP contribution in [0.2, 0.25) is 0 Å². The Hall–Kier alpha value is -2.67. The number of amides is 1. The standard InChI is InChI=1S/C17H18N2O5/c1-10-13(7-11-3-4-12(23-2)8-14(11)18-10)16(20)19-5-6-24-9-15(19)17(21)22/h3-4,7-8,15H,5-6,9H2,1-2H3,(H,21,22). The van der Waals surface area contributed by atoms with Crippen molar-refractivity contribution in [1.82, 2.24) is 9.88 Å². The summed E-state index contributed by atoms with van der Waals surface area (Å²) in [6, 6.07) is 6.18. The predicted octanol–water partition coefficient (Wildman–Crippen LogP) is 1.48. The first-order valence-corrected chi connectivity index (χ1v) is 7.58. The molecule has 0 bridgehead atoms. The lowest BCUT2D eigenvalue weighted by molar-refractivity contribution is -0.147. The topological polar surface area (TPSA) is 89.0 Å². The molecule has 1 aliphatic heterocycles. The zero-order chi connectivity index (χ0) is 17.3. The minimum atomic E-state index is -1.07. The van der Waals surface area contributed by atoms with Crippen molar-refractivity contribution in [2.75, 3.05) is 26.9 Å². The summed E-state index contributed by atoms with van der Waals surface area (Å²) in [5, 5.41) is 10.1. The molecule has 0 saturated carbocycles. The first-order valence-electron chi connectivity index (χ1n) is 7.58. The maximum absolute atomic E-state index is 12.8. The number of rotatable bonds is 3. The van der Waals surface area contributed by atoms with E-state index < -0.39 is 12.0 Å². The smallest absolute Gasteiger partial charge is 0.328 e. The molecule has 1 saturated heterocycles. The lowest BCUT2D eigenvalue weighted by atomic mass is 10.1. The number of ether oxygens (including phenoxy) is 2. The van der Waals surface area contributed by atoms with Crippen molar-refractivity contribution >= 4 is 22.8 Å². The molecule has 1 fully saturated rings. The second-order valence-electron chi connectivity index (χ2n) is 5.61. The average molecular weight is 330 g/mol. The van der Waals surface area contributed by atoms with E-state index in [1.165, 1.54) is 4.90 Å². The summed E-state index contributed by atoms with van der Waals surface area (Å²) in [4.78, 5) is 30.0. The molecule has 1 unspecified atom stereocenters. The molecular weight excluding hydrogens is 312 g/mol. The number of carboxylic acid groups (broad SMARTS) is 1. The molecule has 1 aromatic heterocycles. The number of carboxylic acids is 1. The normalized spacial score (nSPS) is 17.8. The Labute approximate surface area is 138 Å². The van der Waals surface area contributed by atoms with Gasteiger partial charge in [0.15, 0.2) is 6.04 Å². The average Bonchev–Trinajstić information content (AvgIpc) is 2.60. The maximum atomic E-state index is 12.8. The Morgan fingerprint density at radius 2 is 2.17 bits per heavy atom. The van der Waals surface area contributed by atoms with Gasteiger partial charge >= 0.3 is 5.97 Å². The molecule has 0 aliphatic carbocycles. The molecular formula is C17H18N2O5. The van der Waals surface area contributed by atoms with Crippen molar-refractivity contribution in [2.24, 2.45) is 0 Å². The van der Waals surface area contributed by atoms with E-state index in [-0.39, 0.29) is 19.1 Å². The van der Waals surface area contributed by atoms with Gasteiger partial charge in [0.25, 0.3) is 5.91 Å². The highest BCUT2D eigenvalue weighted by molar-refractivity contribution is 6.00. The number of morpholine rings is 1. The van der Waals surface area contributed by atoms with Gasteiger partial charge in [-0.15, -0.1) is 0 Å². The largest absolute Gasteiger partial charge is 0.497 e. The third-order valence-corrected chi connectivity index (χ3v) is 4.12. The van der Waals surface area contributed by atoms with Crippen molar-refractivity contribution in [3.8, 4) is 5.75 Å². The third kappa shape index (κ3) is 2.90. The van der Waals surface area contributed by atoms with Crippen molar-refractivity contribution in [2.45, 2.75) is 13.0 Å². The van der Waals surface area contributed by atoms with Crippen LogP contribution in [0.3, 0.4) is 0 Å². The number of carbonyl (C=O) groups excluding carboxylic acids is 1. The molecule has 7 nitrogen and oxygen atoms in total. The van der Waals surface area contributed by atoms with Crippen LogP contribution in [-0.2, 0) is 9.53 Å². The number of methoxy groups -OCH3 is 1. The number of pyridine rings is 1. The second-order valence-corrected chi connectivity index (χ2v) is 5.61. The minimum Gasteiger partial charge on any atom is -0.497 e. The van der Waals surface area contributed by atoms with E-state index in [0.717, 1.165) is 10.9 Å². The van der Waals surface area contributed by atoms with E-state index in [4.69, 9.17) is 9.47 Å². The van der Waals surface area contributed by atoms with E-state index in [9.17, 15) is 14.7 Å². The molecule has 126 valence electrons. The fourth-order valence-electron chi connectivity index (χ4n) is 2.79. The molecule has 1 N–H and O–H groups in total. The van der Waals surface area contributed by atoms with Crippen molar-refractivity contribution < 1.29 is 24.2 Å². The number of hydrogen-bond donors (Lipinski definition) is 1. The van der Waals surface area contributed by atoms with Crippen molar-refractivity contribution in [3.63, 3.8) is 0 Å². The summed E-state index contributed by atoms with van der Waals surface area (Å²) in [5.74, 6) is -0.722. The van der Waals surface area contributed by atoms with E-state index in [1.807, 2.05) is 6.07 Å². The molecule has 1 aromatic carbocycles. The van der Waals surface area contributed by atoms with Crippen LogP contribution >= 0.6 is 0 Å². The van der Waals surface area contributed by atoms with Crippen LogP contribution in [0, 0.1) is 6.92 Å². The van der Waals surface area contributed by atoms with E-state index in [0.29, 0.717) is 23.6 Å². The first kappa shape index (κ1) is 16.2. The lowest BCUT2D eigenvalue weighted by Gasteiger charge is -2.33. The van der Waals surface area contributed by atoms with Gasteiger partial charge in [0.05, 0.1) is 37.1 Å². The molecule has 2 aromatic rings. The van der Waals surface area contributed by atoms with Crippen LogP contribution in [0.15, 0.2) is 24.3 Å². The van der Waals surface area contributed by atoms with Gasteiger partial charge in [0.2, 0.25) is 0 Å². The summed E-state index contributed by atoms with van der Waals surface area (Å²) in [5.41, 5.74) is 1.68. The van der Waals surface area contributed by atoms with Crippen LogP contribution in [0.25, 0.3) is 10.9 Å². The predicted molar refractivity (Wildman–Crippen MR) is 86.3 cm³/mol. The molecule has 1 aliphatic rings. The summed E-state index contributed by atoms with van der Waals surface area (Å²) in [6.07, 6.45) is 0. The molecule has 2 heterocycles. The Morgan fingerprint density at radius 3 is 2.88 bits per heavy atom. The van der Waals surface area contributed by atoms with Crippen molar-refractivity contribution in [1.29, 1.82) is 0 Å². The number of benzene rings is 1. The minimum absolute atomic E-state index is 0.00166. The number of fused-ring (bicyclic) bond motifs is 1. The number of hydrogen-bond acceptors (Lipinski definition) is 5. The fraction of sp³-hybridized carbons (Fsp3) is 0.353. The first-order chi connectivity index (χ1) is 11.5.